The summed E-state index contributed by atoms with van der Waals surface area (Å²) in [7, 11) is -0.0283. The van der Waals surface area contributed by atoms with Gasteiger partial charge < -0.3 is 0 Å². The molecule has 0 aliphatic carbocycles. The summed E-state index contributed by atoms with van der Waals surface area (Å²) >= 11 is 0. The average Bonchev–Trinajstić information content (AvgIpc) is 1.68. The zero-order chi connectivity index (χ0) is 5.91. The van der Waals surface area contributed by atoms with Gasteiger partial charge >= 0.3 is 0 Å². The summed E-state index contributed by atoms with van der Waals surface area (Å²) in [5, 5.41) is 0. The second kappa shape index (κ2) is 2.28. The Labute approximate surface area is 43.8 Å². The molecule has 0 amide bonds. The van der Waals surface area contributed by atoms with Gasteiger partial charge in [-0.25, -0.2) is 13.1 Å². The molecule has 4 heteroatoms. The fourth-order valence-electron chi connectivity index (χ4n) is 0.102. The summed E-state index contributed by atoms with van der Waals surface area (Å²) in [5.74, 6) is 0.0938. The Morgan fingerprint density at radius 3 is 2.14 bits per heavy atom. The monoisotopic (exact) mass is 122 g/mol. The Balaban J connectivity index is 3.89. The molecule has 0 saturated carbocycles. The largest absolute Gasteiger partial charge is 0.214 e. The lowest BCUT2D eigenvalue weighted by Crippen LogP contribution is -2.17. The fourth-order valence-corrected chi connectivity index (χ4v) is 0.306. The maximum Gasteiger partial charge on any atom is 0.211 e. The second-order valence-electron chi connectivity index (χ2n) is 1.05. The third-order valence-corrected chi connectivity index (χ3v) is 1.80. The number of sulfonamides is 1. The molecule has 0 bridgehead atoms. The molecule has 0 atom stereocenters. The number of rotatable bonds is 2. The highest BCUT2D eigenvalue weighted by atomic mass is 32.2. The molecule has 0 aromatic heterocycles. The van der Waals surface area contributed by atoms with Crippen molar-refractivity contribution in [3.8, 4) is 0 Å². The molecule has 0 spiro atoms. The van der Waals surface area contributed by atoms with Crippen LogP contribution in [0.3, 0.4) is 0 Å². The van der Waals surface area contributed by atoms with Gasteiger partial charge in [0, 0.05) is 7.05 Å². The zero-order valence-electron chi connectivity index (χ0n) is 4.14. The quantitative estimate of drug-likeness (QED) is 0.547. The van der Waals surface area contributed by atoms with Crippen LogP contribution in [0.2, 0.25) is 0 Å². The van der Waals surface area contributed by atoms with Crippen LogP contribution in [0.25, 0.3) is 0 Å². The molecule has 0 saturated heterocycles. The molecule has 0 unspecified atom stereocenters. The molecule has 0 aliphatic heterocycles. The minimum absolute atomic E-state index is 0.0938. The van der Waals surface area contributed by atoms with Gasteiger partial charge in [-0.2, -0.15) is 0 Å². The number of hydrogen-bond donors (Lipinski definition) is 1. The Morgan fingerprint density at radius 2 is 2.14 bits per heavy atom. The van der Waals surface area contributed by atoms with Crippen LogP contribution in [-0.2, 0) is 10.0 Å². The van der Waals surface area contributed by atoms with Crippen LogP contribution in [-0.4, -0.2) is 14.2 Å². The van der Waals surface area contributed by atoms with Crippen LogP contribution in [0.4, 0.5) is 0 Å². The lowest BCUT2D eigenvalue weighted by atomic mass is 11.0. The summed E-state index contributed by atoms with van der Waals surface area (Å²) in [6, 6.07) is 0. The maximum absolute atomic E-state index is 10.2. The first-order valence-electron chi connectivity index (χ1n) is 1.89. The molecular weight excluding hydrogens is 114 g/mol. The van der Waals surface area contributed by atoms with Gasteiger partial charge in [0.1, 0.15) is 0 Å². The Hall–Kier alpha value is -0.0900. The van der Waals surface area contributed by atoms with Crippen molar-refractivity contribution >= 4 is 10.0 Å². The average molecular weight is 122 g/mol. The summed E-state index contributed by atoms with van der Waals surface area (Å²) in [5.41, 5.74) is 0. The molecule has 0 aromatic carbocycles. The molecule has 3 nitrogen and oxygen atoms in total. The highest BCUT2D eigenvalue weighted by molar-refractivity contribution is 7.89. The summed E-state index contributed by atoms with van der Waals surface area (Å²) in [6.07, 6.45) is 0. The first kappa shape index (κ1) is 6.91. The topological polar surface area (TPSA) is 46.2 Å². The number of nitrogens with one attached hydrogen (secondary N) is 1. The van der Waals surface area contributed by atoms with E-state index >= 15 is 0 Å². The molecule has 0 fully saturated rings. The summed E-state index contributed by atoms with van der Waals surface area (Å²) < 4.78 is 22.3. The lowest BCUT2D eigenvalue weighted by molar-refractivity contribution is 0.591. The van der Waals surface area contributed by atoms with Crippen LogP contribution >= 0.6 is 0 Å². The zero-order valence-corrected chi connectivity index (χ0v) is 4.96. The Kier molecular flexibility index (Phi) is 2.25. The van der Waals surface area contributed by atoms with Crippen molar-refractivity contribution in [3.05, 3.63) is 7.05 Å². The van der Waals surface area contributed by atoms with Gasteiger partial charge in [-0.15, -0.1) is 0 Å². The number of hydrogen-bond acceptors (Lipinski definition) is 2. The summed E-state index contributed by atoms with van der Waals surface area (Å²) in [6.45, 7) is 1.55. The molecule has 43 valence electrons. The van der Waals surface area contributed by atoms with Crippen molar-refractivity contribution in [2.75, 3.05) is 5.75 Å². The van der Waals surface area contributed by atoms with Gasteiger partial charge in [0.05, 0.1) is 5.75 Å². The highest BCUT2D eigenvalue weighted by Crippen LogP contribution is 1.76. The van der Waals surface area contributed by atoms with Crippen molar-refractivity contribution in [1.82, 2.24) is 4.72 Å². The SMILES string of the molecule is [CH2]NS(=O)(=O)CC. The fraction of sp³-hybridized carbons (Fsp3) is 0.667. The predicted octanol–water partition coefficient (Wildman–Crippen LogP) is -0.283. The van der Waals surface area contributed by atoms with E-state index in [4.69, 9.17) is 0 Å². The molecular formula is C3H8NO2S. The van der Waals surface area contributed by atoms with E-state index in [-0.39, 0.29) is 5.75 Å². The lowest BCUT2D eigenvalue weighted by Gasteiger charge is -1.91. The van der Waals surface area contributed by atoms with Gasteiger partial charge in [0.25, 0.3) is 0 Å². The van der Waals surface area contributed by atoms with E-state index in [1.165, 1.54) is 0 Å². The first-order valence-corrected chi connectivity index (χ1v) is 3.54. The first-order chi connectivity index (χ1) is 3.12. The standard InChI is InChI=1S/C3H8NO2S/c1-3-7(5,6)4-2/h4H,2-3H2,1H3. The van der Waals surface area contributed by atoms with Gasteiger partial charge in [-0.3, -0.25) is 0 Å². The highest BCUT2D eigenvalue weighted by Gasteiger charge is 1.97. The normalized spacial score (nSPS) is 11.7. The van der Waals surface area contributed by atoms with Crippen LogP contribution in [0.15, 0.2) is 0 Å². The Bertz CT molecular complexity index is 116. The second-order valence-corrected chi connectivity index (χ2v) is 3.14. The molecule has 0 rings (SSSR count). The Morgan fingerprint density at radius 1 is 1.71 bits per heavy atom. The van der Waals surface area contributed by atoms with E-state index in [1.807, 2.05) is 4.72 Å². The predicted molar refractivity (Wildman–Crippen MR) is 28.0 cm³/mol. The van der Waals surface area contributed by atoms with E-state index in [9.17, 15) is 8.42 Å². The van der Waals surface area contributed by atoms with Gasteiger partial charge in [0.2, 0.25) is 10.0 Å². The van der Waals surface area contributed by atoms with Crippen LogP contribution < -0.4 is 4.72 Å². The van der Waals surface area contributed by atoms with Crippen LogP contribution in [0.5, 0.6) is 0 Å². The van der Waals surface area contributed by atoms with E-state index in [0.29, 0.717) is 0 Å². The van der Waals surface area contributed by atoms with Gasteiger partial charge in [-0.1, -0.05) is 0 Å². The molecule has 1 N–H and O–H groups in total. The van der Waals surface area contributed by atoms with Gasteiger partial charge in [0.15, 0.2) is 0 Å². The molecule has 7 heavy (non-hydrogen) atoms. The smallest absolute Gasteiger partial charge is 0.211 e. The minimum atomic E-state index is -3.02. The van der Waals surface area contributed by atoms with Crippen molar-refractivity contribution in [2.24, 2.45) is 0 Å². The van der Waals surface area contributed by atoms with Crippen molar-refractivity contribution in [3.63, 3.8) is 0 Å². The summed E-state index contributed by atoms with van der Waals surface area (Å²) in [4.78, 5) is 0. The third-order valence-electron chi connectivity index (χ3n) is 0.600. The third kappa shape index (κ3) is 2.59. The molecule has 1 radical (unpaired) electrons. The van der Waals surface area contributed by atoms with E-state index in [1.54, 1.807) is 6.92 Å². The van der Waals surface area contributed by atoms with E-state index in [2.05, 4.69) is 7.05 Å². The van der Waals surface area contributed by atoms with Crippen LogP contribution in [0, 0.1) is 7.05 Å². The molecule has 0 heterocycles. The molecule has 0 aliphatic rings. The van der Waals surface area contributed by atoms with Crippen molar-refractivity contribution in [2.45, 2.75) is 6.92 Å². The molecule has 0 aromatic rings. The van der Waals surface area contributed by atoms with Crippen molar-refractivity contribution in [1.29, 1.82) is 0 Å². The van der Waals surface area contributed by atoms with Crippen molar-refractivity contribution < 1.29 is 8.42 Å². The van der Waals surface area contributed by atoms with Gasteiger partial charge in [-0.05, 0) is 6.92 Å². The maximum atomic E-state index is 10.2. The van der Waals surface area contributed by atoms with E-state index in [0.717, 1.165) is 0 Å². The van der Waals surface area contributed by atoms with E-state index < -0.39 is 10.0 Å². The minimum Gasteiger partial charge on any atom is -0.214 e. The van der Waals surface area contributed by atoms with Crippen LogP contribution in [0.1, 0.15) is 6.92 Å².